The van der Waals surface area contributed by atoms with E-state index < -0.39 is 5.91 Å². The quantitative estimate of drug-likeness (QED) is 0.563. The average molecular weight is 434 g/mol. The number of carbonyl (C=O) groups is 1. The first kappa shape index (κ1) is 20.8. The van der Waals surface area contributed by atoms with Gasteiger partial charge in [0.1, 0.15) is 4.88 Å². The maximum atomic E-state index is 12.0. The van der Waals surface area contributed by atoms with E-state index in [2.05, 4.69) is 10.3 Å². The Balaban J connectivity index is 2.07. The number of carbonyl (C=O) groups excluding carboxylic acids is 1. The molecule has 0 fully saturated rings. The van der Waals surface area contributed by atoms with Crippen molar-refractivity contribution in [2.75, 3.05) is 26.6 Å². The Morgan fingerprint density at radius 1 is 1.14 bits per heavy atom. The lowest BCUT2D eigenvalue weighted by atomic mass is 10.0. The van der Waals surface area contributed by atoms with Crippen LogP contribution in [-0.4, -0.2) is 32.2 Å². The van der Waals surface area contributed by atoms with Gasteiger partial charge in [-0.2, -0.15) is 0 Å². The van der Waals surface area contributed by atoms with Crippen LogP contribution in [0.2, 0.25) is 5.02 Å². The third-order valence-corrected chi connectivity index (χ3v) is 5.53. The molecular formula is C20H20ClN3O4S. The Bertz CT molecular complexity index is 1020. The summed E-state index contributed by atoms with van der Waals surface area (Å²) in [4.78, 5) is 16.9. The molecule has 0 spiro atoms. The number of halogens is 1. The molecule has 0 bridgehead atoms. The van der Waals surface area contributed by atoms with Crippen LogP contribution in [0.5, 0.6) is 17.2 Å². The maximum Gasteiger partial charge on any atom is 0.261 e. The highest BCUT2D eigenvalue weighted by molar-refractivity contribution is 7.18. The Kier molecular flexibility index (Phi) is 6.14. The molecule has 0 aliphatic carbocycles. The van der Waals surface area contributed by atoms with Crippen molar-refractivity contribution in [3.63, 3.8) is 0 Å². The zero-order valence-corrected chi connectivity index (χ0v) is 17.9. The molecule has 29 heavy (non-hydrogen) atoms. The molecule has 152 valence electrons. The SMILES string of the molecule is COc1cc(Nc2nc(-c3c(C)cccc3Cl)c(C(N)=O)s2)cc(OC)c1OC. The van der Waals surface area contributed by atoms with Gasteiger partial charge in [0.15, 0.2) is 16.6 Å². The topological polar surface area (TPSA) is 95.7 Å². The van der Waals surface area contributed by atoms with Gasteiger partial charge in [0, 0.05) is 23.4 Å². The highest BCUT2D eigenvalue weighted by atomic mass is 35.5. The van der Waals surface area contributed by atoms with Gasteiger partial charge in [0.2, 0.25) is 5.75 Å². The number of anilines is 2. The van der Waals surface area contributed by atoms with Gasteiger partial charge >= 0.3 is 0 Å². The minimum absolute atomic E-state index is 0.316. The van der Waals surface area contributed by atoms with Crippen LogP contribution < -0.4 is 25.3 Å². The van der Waals surface area contributed by atoms with Gasteiger partial charge in [-0.1, -0.05) is 35.1 Å². The van der Waals surface area contributed by atoms with Crippen molar-refractivity contribution in [3.8, 4) is 28.5 Å². The Morgan fingerprint density at radius 3 is 2.31 bits per heavy atom. The summed E-state index contributed by atoms with van der Waals surface area (Å²) >= 11 is 7.51. The minimum atomic E-state index is -0.574. The van der Waals surface area contributed by atoms with Gasteiger partial charge < -0.3 is 25.3 Å². The van der Waals surface area contributed by atoms with Crippen LogP contribution in [0.4, 0.5) is 10.8 Å². The predicted molar refractivity (Wildman–Crippen MR) is 115 cm³/mol. The van der Waals surface area contributed by atoms with Crippen LogP contribution in [0.15, 0.2) is 30.3 Å². The maximum absolute atomic E-state index is 12.0. The fraction of sp³-hybridized carbons (Fsp3) is 0.200. The molecule has 7 nitrogen and oxygen atoms in total. The van der Waals surface area contributed by atoms with Crippen LogP contribution in [-0.2, 0) is 0 Å². The zero-order valence-electron chi connectivity index (χ0n) is 16.3. The fourth-order valence-corrected chi connectivity index (χ4v) is 4.07. The molecule has 0 atom stereocenters. The minimum Gasteiger partial charge on any atom is -0.493 e. The van der Waals surface area contributed by atoms with Gasteiger partial charge in [-0.15, -0.1) is 0 Å². The van der Waals surface area contributed by atoms with Crippen molar-refractivity contribution in [1.29, 1.82) is 0 Å². The number of rotatable bonds is 7. The first-order valence-corrected chi connectivity index (χ1v) is 9.72. The summed E-state index contributed by atoms with van der Waals surface area (Å²) in [7, 11) is 4.60. The number of ether oxygens (including phenoxy) is 3. The highest BCUT2D eigenvalue weighted by Crippen LogP contribution is 2.42. The Hall–Kier alpha value is -2.97. The molecule has 1 aromatic heterocycles. The summed E-state index contributed by atoms with van der Waals surface area (Å²) in [6.45, 7) is 1.90. The fourth-order valence-electron chi connectivity index (χ4n) is 2.92. The van der Waals surface area contributed by atoms with E-state index in [1.807, 2.05) is 19.1 Å². The van der Waals surface area contributed by atoms with E-state index in [0.717, 1.165) is 16.9 Å². The first-order valence-electron chi connectivity index (χ1n) is 8.52. The van der Waals surface area contributed by atoms with Crippen LogP contribution >= 0.6 is 22.9 Å². The number of nitrogens with zero attached hydrogens (tertiary/aromatic N) is 1. The molecule has 1 amide bonds. The summed E-state index contributed by atoms with van der Waals surface area (Å²) in [5, 5.41) is 4.14. The molecule has 1 heterocycles. The summed E-state index contributed by atoms with van der Waals surface area (Å²) in [6.07, 6.45) is 0. The van der Waals surface area contributed by atoms with Gasteiger partial charge in [0.05, 0.1) is 32.0 Å². The largest absolute Gasteiger partial charge is 0.493 e. The van der Waals surface area contributed by atoms with Crippen molar-refractivity contribution in [2.24, 2.45) is 5.73 Å². The van der Waals surface area contributed by atoms with Gasteiger partial charge in [-0.05, 0) is 18.6 Å². The van der Waals surface area contributed by atoms with E-state index >= 15 is 0 Å². The lowest BCUT2D eigenvalue weighted by Gasteiger charge is -2.14. The molecule has 3 aromatic rings. The second-order valence-corrected chi connectivity index (χ2v) is 7.44. The zero-order chi connectivity index (χ0) is 21.1. The van der Waals surface area contributed by atoms with Gasteiger partial charge in [-0.25, -0.2) is 4.98 Å². The summed E-state index contributed by atoms with van der Waals surface area (Å²) < 4.78 is 16.1. The number of amides is 1. The van der Waals surface area contributed by atoms with E-state index in [9.17, 15) is 4.79 Å². The number of methoxy groups -OCH3 is 3. The van der Waals surface area contributed by atoms with Gasteiger partial charge in [0.25, 0.3) is 5.91 Å². The van der Waals surface area contributed by atoms with E-state index in [1.165, 1.54) is 21.3 Å². The molecule has 0 unspecified atom stereocenters. The van der Waals surface area contributed by atoms with Crippen molar-refractivity contribution >= 4 is 39.7 Å². The number of nitrogens with one attached hydrogen (secondary N) is 1. The van der Waals surface area contributed by atoms with Crippen molar-refractivity contribution in [2.45, 2.75) is 6.92 Å². The number of thiazole rings is 1. The Morgan fingerprint density at radius 2 is 1.79 bits per heavy atom. The molecule has 0 radical (unpaired) electrons. The van der Waals surface area contributed by atoms with Crippen molar-refractivity contribution < 1.29 is 19.0 Å². The summed E-state index contributed by atoms with van der Waals surface area (Å²) in [6, 6.07) is 8.98. The number of aromatic nitrogens is 1. The second kappa shape index (κ2) is 8.59. The van der Waals surface area contributed by atoms with Crippen LogP contribution in [0, 0.1) is 6.92 Å². The van der Waals surface area contributed by atoms with E-state index in [1.54, 1.807) is 18.2 Å². The molecule has 0 aliphatic heterocycles. The molecular weight excluding hydrogens is 414 g/mol. The Labute approximate surface area is 177 Å². The lowest BCUT2D eigenvalue weighted by molar-refractivity contribution is 0.100. The van der Waals surface area contributed by atoms with E-state index in [4.69, 9.17) is 31.5 Å². The van der Waals surface area contributed by atoms with Gasteiger partial charge in [-0.3, -0.25) is 4.79 Å². The first-order chi connectivity index (χ1) is 13.9. The number of nitrogens with two attached hydrogens (primary N) is 1. The van der Waals surface area contributed by atoms with Crippen LogP contribution in [0.25, 0.3) is 11.3 Å². The molecule has 3 rings (SSSR count). The predicted octanol–water partition coefficient (Wildman–Crippen LogP) is 4.64. The normalized spacial score (nSPS) is 10.5. The van der Waals surface area contributed by atoms with E-state index in [-0.39, 0.29) is 0 Å². The third kappa shape index (κ3) is 4.08. The number of hydrogen-bond acceptors (Lipinski definition) is 7. The molecule has 3 N–H and O–H groups in total. The molecule has 9 heteroatoms. The van der Waals surface area contributed by atoms with E-state index in [0.29, 0.717) is 49.2 Å². The summed E-state index contributed by atoms with van der Waals surface area (Å²) in [5.41, 5.74) is 8.25. The number of primary amides is 1. The molecule has 0 saturated heterocycles. The number of benzene rings is 2. The molecule has 0 aliphatic rings. The lowest BCUT2D eigenvalue weighted by Crippen LogP contribution is -2.10. The monoisotopic (exact) mass is 433 g/mol. The summed E-state index contributed by atoms with van der Waals surface area (Å²) in [5.74, 6) is 0.881. The van der Waals surface area contributed by atoms with Crippen LogP contribution in [0.1, 0.15) is 15.2 Å². The molecule has 0 saturated carbocycles. The smallest absolute Gasteiger partial charge is 0.261 e. The van der Waals surface area contributed by atoms with Crippen molar-refractivity contribution in [1.82, 2.24) is 4.98 Å². The van der Waals surface area contributed by atoms with Crippen LogP contribution in [0.3, 0.4) is 0 Å². The van der Waals surface area contributed by atoms with Crippen molar-refractivity contribution in [3.05, 3.63) is 45.8 Å². The standard InChI is InChI=1S/C20H20ClN3O4S/c1-10-6-5-7-12(21)15(10)16-18(19(22)25)29-20(24-16)23-11-8-13(26-2)17(28-4)14(9-11)27-3/h5-9H,1-4H3,(H2,22,25)(H,23,24). The third-order valence-electron chi connectivity index (χ3n) is 4.23. The second-order valence-electron chi connectivity index (χ2n) is 6.03. The number of hydrogen-bond donors (Lipinski definition) is 2. The average Bonchev–Trinajstić information content (AvgIpc) is 3.10. The molecule has 2 aromatic carbocycles. The number of aryl methyl sites for hydroxylation is 1. The highest BCUT2D eigenvalue weighted by Gasteiger charge is 2.22.